The first-order chi connectivity index (χ1) is 9.44. The Morgan fingerprint density at radius 3 is 2.05 bits per heavy atom. The molecule has 0 heterocycles. The topological polar surface area (TPSA) is 48.0 Å². The number of alkyl halides is 1. The Hall–Kier alpha value is -1.43. The molecule has 0 bridgehead atoms. The van der Waals surface area contributed by atoms with E-state index in [0.29, 0.717) is 29.4 Å². The summed E-state index contributed by atoms with van der Waals surface area (Å²) >= 11 is 3.43. The molecule has 1 rings (SSSR count). The molecule has 1 aromatic rings. The lowest BCUT2D eigenvalue weighted by Gasteiger charge is -2.20. The van der Waals surface area contributed by atoms with Gasteiger partial charge >= 0.3 is 0 Å². The molecule has 6 heteroatoms. The third-order valence-corrected chi connectivity index (χ3v) is 3.07. The summed E-state index contributed by atoms with van der Waals surface area (Å²) in [6.45, 7) is 2.59. The molecule has 1 unspecified atom stereocenters. The molecule has 0 radical (unpaired) electrons. The van der Waals surface area contributed by atoms with Crippen molar-refractivity contribution in [3.8, 4) is 17.2 Å². The van der Waals surface area contributed by atoms with Gasteiger partial charge in [-0.1, -0.05) is 22.9 Å². The highest BCUT2D eigenvalue weighted by Crippen LogP contribution is 2.38. The van der Waals surface area contributed by atoms with Gasteiger partial charge in [0.2, 0.25) is 5.75 Å². The van der Waals surface area contributed by atoms with Crippen molar-refractivity contribution in [2.75, 3.05) is 34.9 Å². The minimum atomic E-state index is -0.101. The lowest BCUT2D eigenvalue weighted by Crippen LogP contribution is -2.31. The van der Waals surface area contributed by atoms with Gasteiger partial charge in [-0.05, 0) is 12.1 Å². The Morgan fingerprint density at radius 2 is 1.70 bits per heavy atom. The van der Waals surface area contributed by atoms with Crippen molar-refractivity contribution in [3.05, 3.63) is 17.7 Å². The Balaban J connectivity index is 3.15. The number of nitrogens with zero attached hydrogens (tertiary/aromatic N) is 1. The fraction of sp³-hybridized carbons (Fsp3) is 0.500. The Kier molecular flexibility index (Phi) is 6.13. The van der Waals surface area contributed by atoms with Crippen LogP contribution in [0.15, 0.2) is 12.1 Å². The molecule has 0 fully saturated rings. The van der Waals surface area contributed by atoms with Crippen molar-refractivity contribution < 1.29 is 19.0 Å². The van der Waals surface area contributed by atoms with E-state index in [1.54, 1.807) is 24.1 Å². The quantitative estimate of drug-likeness (QED) is 0.743. The van der Waals surface area contributed by atoms with E-state index in [0.717, 1.165) is 0 Å². The van der Waals surface area contributed by atoms with Crippen molar-refractivity contribution in [3.63, 3.8) is 0 Å². The SMILES string of the molecule is COc1cc(C(=O)N(C)CC(C)Br)cc(OC)c1OC. The fourth-order valence-electron chi connectivity index (χ4n) is 1.89. The van der Waals surface area contributed by atoms with Gasteiger partial charge in [0.15, 0.2) is 11.5 Å². The van der Waals surface area contributed by atoms with Crippen LogP contribution in [0.25, 0.3) is 0 Å². The van der Waals surface area contributed by atoms with Gasteiger partial charge in [0, 0.05) is 24.0 Å². The summed E-state index contributed by atoms with van der Waals surface area (Å²) in [5, 5.41) is 0. The minimum absolute atomic E-state index is 0.101. The molecular weight excluding hydrogens is 326 g/mol. The molecule has 0 saturated carbocycles. The van der Waals surface area contributed by atoms with Crippen molar-refractivity contribution in [1.29, 1.82) is 0 Å². The number of amides is 1. The molecule has 0 spiro atoms. The first kappa shape index (κ1) is 16.6. The molecule has 112 valence electrons. The number of halogens is 1. The van der Waals surface area contributed by atoms with Crippen molar-refractivity contribution in [2.45, 2.75) is 11.8 Å². The molecule has 1 atom stereocenters. The van der Waals surface area contributed by atoms with Gasteiger partial charge < -0.3 is 19.1 Å². The van der Waals surface area contributed by atoms with E-state index >= 15 is 0 Å². The molecule has 5 nitrogen and oxygen atoms in total. The molecule has 1 amide bonds. The summed E-state index contributed by atoms with van der Waals surface area (Å²) < 4.78 is 15.7. The van der Waals surface area contributed by atoms with Crippen LogP contribution in [0.4, 0.5) is 0 Å². The van der Waals surface area contributed by atoms with Gasteiger partial charge in [-0.3, -0.25) is 4.79 Å². The second-order valence-corrected chi connectivity index (χ2v) is 5.94. The number of benzene rings is 1. The van der Waals surface area contributed by atoms with Crippen molar-refractivity contribution in [1.82, 2.24) is 4.90 Å². The van der Waals surface area contributed by atoms with Crippen molar-refractivity contribution >= 4 is 21.8 Å². The van der Waals surface area contributed by atoms with Gasteiger partial charge in [-0.2, -0.15) is 0 Å². The molecule has 0 N–H and O–H groups in total. The number of carbonyl (C=O) groups excluding carboxylic acids is 1. The average molecular weight is 346 g/mol. The van der Waals surface area contributed by atoms with Crippen LogP contribution in [0.3, 0.4) is 0 Å². The zero-order valence-corrected chi connectivity index (χ0v) is 14.0. The predicted octanol–water partition coefficient (Wildman–Crippen LogP) is 2.57. The predicted molar refractivity (Wildman–Crippen MR) is 81.4 cm³/mol. The monoisotopic (exact) mass is 345 g/mol. The normalized spacial score (nSPS) is 11.7. The molecule has 1 aromatic carbocycles. The second-order valence-electron chi connectivity index (χ2n) is 4.38. The van der Waals surface area contributed by atoms with E-state index in [2.05, 4.69) is 15.9 Å². The molecule has 0 aromatic heterocycles. The van der Waals surface area contributed by atoms with E-state index in [9.17, 15) is 4.79 Å². The second kappa shape index (κ2) is 7.38. The van der Waals surface area contributed by atoms with Gasteiger partial charge in [0.05, 0.1) is 21.3 Å². The van der Waals surface area contributed by atoms with Crippen LogP contribution < -0.4 is 14.2 Å². The molecule has 0 aliphatic heterocycles. The molecule has 0 aliphatic rings. The lowest BCUT2D eigenvalue weighted by atomic mass is 10.1. The number of carbonyl (C=O) groups is 1. The van der Waals surface area contributed by atoms with Gasteiger partial charge in [-0.25, -0.2) is 0 Å². The summed E-state index contributed by atoms with van der Waals surface area (Å²) in [7, 11) is 6.33. The van der Waals surface area contributed by atoms with Crippen LogP contribution in [0.5, 0.6) is 17.2 Å². The molecular formula is C14H20BrNO4. The number of rotatable bonds is 6. The average Bonchev–Trinajstić information content (AvgIpc) is 2.43. The Bertz CT molecular complexity index is 451. The smallest absolute Gasteiger partial charge is 0.253 e. The van der Waals surface area contributed by atoms with Crippen LogP contribution >= 0.6 is 15.9 Å². The highest BCUT2D eigenvalue weighted by atomic mass is 79.9. The maximum Gasteiger partial charge on any atom is 0.253 e. The van der Waals surface area contributed by atoms with Gasteiger partial charge in [0.1, 0.15) is 0 Å². The van der Waals surface area contributed by atoms with Crippen LogP contribution in [-0.4, -0.2) is 50.6 Å². The van der Waals surface area contributed by atoms with E-state index in [1.165, 1.54) is 21.3 Å². The number of ether oxygens (including phenoxy) is 3. The fourth-order valence-corrected chi connectivity index (χ4v) is 2.32. The Morgan fingerprint density at radius 1 is 1.20 bits per heavy atom. The van der Waals surface area contributed by atoms with Gasteiger partial charge in [-0.15, -0.1) is 0 Å². The van der Waals surface area contributed by atoms with Crippen LogP contribution in [0.1, 0.15) is 17.3 Å². The van der Waals surface area contributed by atoms with Crippen LogP contribution in [0, 0.1) is 0 Å². The standard InChI is InChI=1S/C14H20BrNO4/c1-9(15)8-16(2)14(17)10-6-11(18-3)13(20-5)12(7-10)19-4/h6-7,9H,8H2,1-5H3. The zero-order valence-electron chi connectivity index (χ0n) is 12.4. The first-order valence-electron chi connectivity index (χ1n) is 6.14. The van der Waals surface area contributed by atoms with E-state index in [-0.39, 0.29) is 10.7 Å². The minimum Gasteiger partial charge on any atom is -0.493 e. The summed E-state index contributed by atoms with van der Waals surface area (Å²) in [4.78, 5) is 14.2. The summed E-state index contributed by atoms with van der Waals surface area (Å²) in [5.41, 5.74) is 0.496. The zero-order chi connectivity index (χ0) is 15.3. The summed E-state index contributed by atoms with van der Waals surface area (Å²) in [6.07, 6.45) is 0. The first-order valence-corrected chi connectivity index (χ1v) is 7.05. The maximum atomic E-state index is 12.4. The number of methoxy groups -OCH3 is 3. The summed E-state index contributed by atoms with van der Waals surface area (Å²) in [6, 6.07) is 3.30. The molecule has 0 saturated heterocycles. The van der Waals surface area contributed by atoms with Crippen LogP contribution in [0.2, 0.25) is 0 Å². The molecule has 20 heavy (non-hydrogen) atoms. The van der Waals surface area contributed by atoms with Crippen LogP contribution in [-0.2, 0) is 0 Å². The van der Waals surface area contributed by atoms with E-state index < -0.39 is 0 Å². The number of hydrogen-bond acceptors (Lipinski definition) is 4. The Labute approximate surface area is 127 Å². The lowest BCUT2D eigenvalue weighted by molar-refractivity contribution is 0.0796. The van der Waals surface area contributed by atoms with Gasteiger partial charge in [0.25, 0.3) is 5.91 Å². The van der Waals surface area contributed by atoms with E-state index in [4.69, 9.17) is 14.2 Å². The highest BCUT2D eigenvalue weighted by Gasteiger charge is 2.19. The third-order valence-electron chi connectivity index (χ3n) is 2.78. The van der Waals surface area contributed by atoms with E-state index in [1.807, 2.05) is 6.92 Å². The number of hydrogen-bond donors (Lipinski definition) is 0. The van der Waals surface area contributed by atoms with Crippen molar-refractivity contribution in [2.24, 2.45) is 0 Å². The maximum absolute atomic E-state index is 12.4. The highest BCUT2D eigenvalue weighted by molar-refractivity contribution is 9.09. The molecule has 0 aliphatic carbocycles. The third kappa shape index (κ3) is 3.79. The largest absolute Gasteiger partial charge is 0.493 e. The summed E-state index contributed by atoms with van der Waals surface area (Å²) in [5.74, 6) is 1.31.